The molecule has 0 spiro atoms. The van der Waals surface area contributed by atoms with Crippen LogP contribution < -0.4 is 5.73 Å². The molecule has 2 rings (SSSR count). The van der Waals surface area contributed by atoms with Gasteiger partial charge in [0.2, 0.25) is 0 Å². The summed E-state index contributed by atoms with van der Waals surface area (Å²) in [6.45, 7) is 4.71. The first-order valence-corrected chi connectivity index (χ1v) is 6.34. The van der Waals surface area contributed by atoms with Crippen molar-refractivity contribution in [2.75, 3.05) is 0 Å². The summed E-state index contributed by atoms with van der Waals surface area (Å²) in [7, 11) is 0. The lowest BCUT2D eigenvalue weighted by molar-refractivity contribution is 0.240. The number of hydrogen-bond acceptors (Lipinski definition) is 1. The highest BCUT2D eigenvalue weighted by molar-refractivity contribution is 5.22. The Morgan fingerprint density at radius 2 is 2.00 bits per heavy atom. The van der Waals surface area contributed by atoms with Gasteiger partial charge in [0.25, 0.3) is 0 Å². The SMILES string of the molecule is CC(C)C1CCCCC2C(N)=CC=CC21. The Kier molecular flexibility index (Phi) is 3.18. The Hall–Kier alpha value is -0.720. The lowest BCUT2D eigenvalue weighted by atomic mass is 9.72. The van der Waals surface area contributed by atoms with Crippen molar-refractivity contribution in [2.24, 2.45) is 29.4 Å². The van der Waals surface area contributed by atoms with Gasteiger partial charge in [-0.15, -0.1) is 0 Å². The molecule has 0 amide bonds. The van der Waals surface area contributed by atoms with Crippen LogP contribution in [0, 0.1) is 23.7 Å². The van der Waals surface area contributed by atoms with E-state index in [-0.39, 0.29) is 0 Å². The topological polar surface area (TPSA) is 26.0 Å². The third-order valence-corrected chi connectivity index (χ3v) is 4.17. The first-order valence-electron chi connectivity index (χ1n) is 6.34. The predicted molar refractivity (Wildman–Crippen MR) is 65.2 cm³/mol. The molecule has 0 heterocycles. The highest BCUT2D eigenvalue weighted by Gasteiger charge is 2.33. The molecule has 0 radical (unpaired) electrons. The molecule has 3 atom stereocenters. The van der Waals surface area contributed by atoms with Crippen molar-refractivity contribution in [3.8, 4) is 0 Å². The van der Waals surface area contributed by atoms with Gasteiger partial charge in [-0.25, -0.2) is 0 Å². The van der Waals surface area contributed by atoms with Gasteiger partial charge in [0, 0.05) is 11.6 Å². The number of nitrogens with two attached hydrogens (primary N) is 1. The minimum absolute atomic E-state index is 0.630. The smallest absolute Gasteiger partial charge is 0.0118 e. The van der Waals surface area contributed by atoms with Gasteiger partial charge in [0.15, 0.2) is 0 Å². The third kappa shape index (κ3) is 2.11. The summed E-state index contributed by atoms with van der Waals surface area (Å²) < 4.78 is 0. The zero-order chi connectivity index (χ0) is 10.8. The molecular weight excluding hydrogens is 182 g/mol. The van der Waals surface area contributed by atoms with Crippen molar-refractivity contribution < 1.29 is 0 Å². The van der Waals surface area contributed by atoms with Crippen molar-refractivity contribution >= 4 is 0 Å². The lowest BCUT2D eigenvalue weighted by Crippen LogP contribution is -2.29. The van der Waals surface area contributed by atoms with Gasteiger partial charge >= 0.3 is 0 Å². The summed E-state index contributed by atoms with van der Waals surface area (Å²) in [5, 5.41) is 0. The third-order valence-electron chi connectivity index (χ3n) is 4.17. The van der Waals surface area contributed by atoms with E-state index in [2.05, 4.69) is 32.1 Å². The van der Waals surface area contributed by atoms with Crippen molar-refractivity contribution in [3.63, 3.8) is 0 Å². The average molecular weight is 205 g/mol. The Morgan fingerprint density at radius 1 is 1.27 bits per heavy atom. The molecule has 0 aliphatic heterocycles. The number of hydrogen-bond donors (Lipinski definition) is 1. The van der Waals surface area contributed by atoms with Crippen molar-refractivity contribution in [3.05, 3.63) is 23.9 Å². The van der Waals surface area contributed by atoms with Crippen LogP contribution in [0.25, 0.3) is 0 Å². The fourth-order valence-corrected chi connectivity index (χ4v) is 3.29. The Bertz CT molecular complexity index is 275. The molecule has 0 saturated heterocycles. The maximum absolute atomic E-state index is 6.13. The highest BCUT2D eigenvalue weighted by atomic mass is 14.6. The fourth-order valence-electron chi connectivity index (χ4n) is 3.29. The molecule has 1 heteroatoms. The van der Waals surface area contributed by atoms with Gasteiger partial charge in [-0.3, -0.25) is 0 Å². The molecular formula is C14H23N. The summed E-state index contributed by atoms with van der Waals surface area (Å²) in [6, 6.07) is 0. The van der Waals surface area contributed by atoms with E-state index in [1.54, 1.807) is 0 Å². The first kappa shape index (κ1) is 10.8. The van der Waals surface area contributed by atoms with E-state index in [1.165, 1.54) is 25.7 Å². The van der Waals surface area contributed by atoms with E-state index in [9.17, 15) is 0 Å². The Morgan fingerprint density at radius 3 is 2.73 bits per heavy atom. The van der Waals surface area contributed by atoms with Crippen molar-refractivity contribution in [1.82, 2.24) is 0 Å². The quantitative estimate of drug-likeness (QED) is 0.697. The minimum atomic E-state index is 0.630. The second-order valence-electron chi connectivity index (χ2n) is 5.43. The zero-order valence-electron chi connectivity index (χ0n) is 9.95. The van der Waals surface area contributed by atoms with Gasteiger partial charge in [-0.1, -0.05) is 38.8 Å². The second kappa shape index (κ2) is 4.42. The fraction of sp³-hybridized carbons (Fsp3) is 0.714. The van der Waals surface area contributed by atoms with Gasteiger partial charge in [0.05, 0.1) is 0 Å². The van der Waals surface area contributed by atoms with Crippen LogP contribution in [0.15, 0.2) is 23.9 Å². The molecule has 0 bridgehead atoms. The van der Waals surface area contributed by atoms with E-state index in [0.717, 1.165) is 17.5 Å². The zero-order valence-corrected chi connectivity index (χ0v) is 9.95. The molecule has 2 aliphatic rings. The molecule has 2 aliphatic carbocycles. The second-order valence-corrected chi connectivity index (χ2v) is 5.43. The van der Waals surface area contributed by atoms with Gasteiger partial charge in [-0.05, 0) is 36.7 Å². The van der Waals surface area contributed by atoms with Crippen LogP contribution in [0.3, 0.4) is 0 Å². The number of fused-ring (bicyclic) bond motifs is 1. The molecule has 1 fully saturated rings. The summed E-state index contributed by atoms with van der Waals surface area (Å²) in [6.07, 6.45) is 12.1. The van der Waals surface area contributed by atoms with E-state index in [4.69, 9.17) is 5.73 Å². The van der Waals surface area contributed by atoms with Crippen LogP contribution in [-0.2, 0) is 0 Å². The molecule has 2 N–H and O–H groups in total. The van der Waals surface area contributed by atoms with E-state index >= 15 is 0 Å². The molecule has 0 aromatic heterocycles. The summed E-state index contributed by atoms with van der Waals surface area (Å²) >= 11 is 0. The van der Waals surface area contributed by atoms with Gasteiger partial charge in [0.1, 0.15) is 0 Å². The van der Waals surface area contributed by atoms with E-state index in [0.29, 0.717) is 11.8 Å². The monoisotopic (exact) mass is 205 g/mol. The Balaban J connectivity index is 2.22. The summed E-state index contributed by atoms with van der Waals surface area (Å²) in [4.78, 5) is 0. The minimum Gasteiger partial charge on any atom is -0.402 e. The van der Waals surface area contributed by atoms with Crippen LogP contribution in [0.4, 0.5) is 0 Å². The predicted octanol–water partition coefficient (Wildman–Crippen LogP) is 3.48. The normalized spacial score (nSPS) is 35.9. The molecule has 1 saturated carbocycles. The first-order chi connectivity index (χ1) is 7.20. The number of allylic oxidation sites excluding steroid dienone is 4. The van der Waals surface area contributed by atoms with Crippen molar-refractivity contribution in [2.45, 2.75) is 39.5 Å². The largest absolute Gasteiger partial charge is 0.402 e. The van der Waals surface area contributed by atoms with Crippen LogP contribution in [0.1, 0.15) is 39.5 Å². The number of rotatable bonds is 1. The lowest BCUT2D eigenvalue weighted by Gasteiger charge is -2.34. The molecule has 0 aromatic rings. The molecule has 84 valence electrons. The van der Waals surface area contributed by atoms with Gasteiger partial charge in [-0.2, -0.15) is 0 Å². The molecule has 0 aromatic carbocycles. The van der Waals surface area contributed by atoms with Crippen LogP contribution in [0.5, 0.6) is 0 Å². The summed E-state index contributed by atoms with van der Waals surface area (Å²) in [5.74, 6) is 2.95. The molecule has 1 nitrogen and oxygen atoms in total. The Labute approximate surface area is 93.4 Å². The van der Waals surface area contributed by atoms with Crippen molar-refractivity contribution in [1.29, 1.82) is 0 Å². The van der Waals surface area contributed by atoms with Crippen LogP contribution in [0.2, 0.25) is 0 Å². The highest BCUT2D eigenvalue weighted by Crippen LogP contribution is 2.41. The van der Waals surface area contributed by atoms with Crippen LogP contribution >= 0.6 is 0 Å². The van der Waals surface area contributed by atoms with E-state index < -0.39 is 0 Å². The molecule has 15 heavy (non-hydrogen) atoms. The maximum atomic E-state index is 6.13. The van der Waals surface area contributed by atoms with E-state index in [1.807, 2.05) is 0 Å². The average Bonchev–Trinajstić information content (AvgIpc) is 2.40. The van der Waals surface area contributed by atoms with Gasteiger partial charge < -0.3 is 5.73 Å². The van der Waals surface area contributed by atoms with Crippen LogP contribution in [-0.4, -0.2) is 0 Å². The standard InChI is InChI=1S/C14H23N/c1-10(2)11-6-3-4-7-13-12(11)8-5-9-14(13)15/h5,8-13H,3-4,6-7,15H2,1-2H3. The summed E-state index contributed by atoms with van der Waals surface area (Å²) in [5.41, 5.74) is 7.25. The molecule has 3 unspecified atom stereocenters. The maximum Gasteiger partial charge on any atom is 0.0118 e.